The minimum Gasteiger partial charge on any atom is -0.348 e. The molecule has 0 bridgehead atoms. The van der Waals surface area contributed by atoms with Crippen molar-refractivity contribution in [2.45, 2.75) is 51.0 Å². The average Bonchev–Trinajstić information content (AvgIpc) is 2.86. The molecule has 2 heterocycles. The maximum Gasteiger partial charge on any atom is 0.240 e. The Morgan fingerprint density at radius 2 is 2.16 bits per heavy atom. The van der Waals surface area contributed by atoms with Gasteiger partial charge in [-0.25, -0.2) is 0 Å². The molecular weight excluding hydrogens is 336 g/mol. The molecule has 1 saturated heterocycles. The van der Waals surface area contributed by atoms with E-state index in [0.29, 0.717) is 25.3 Å². The third kappa shape index (κ3) is 2.77. The van der Waals surface area contributed by atoms with E-state index >= 15 is 0 Å². The number of carbonyl (C=O) groups excluding carboxylic acids is 2. The molecule has 2 unspecified atom stereocenters. The molecule has 1 aromatic carbocycles. The summed E-state index contributed by atoms with van der Waals surface area (Å²) < 4.78 is 0. The zero-order valence-electron chi connectivity index (χ0n) is 14.8. The molecule has 1 N–H and O–H groups in total. The summed E-state index contributed by atoms with van der Waals surface area (Å²) in [5.41, 5.74) is 2.40. The summed E-state index contributed by atoms with van der Waals surface area (Å²) in [6, 6.07) is 7.71. The Labute approximate surface area is 154 Å². The number of piperidine rings is 1. The lowest BCUT2D eigenvalue weighted by Crippen LogP contribution is -2.60. The minimum atomic E-state index is -0.700. The van der Waals surface area contributed by atoms with E-state index in [4.69, 9.17) is 11.6 Å². The molecule has 0 aliphatic carbocycles. The number of nitrogens with one attached hydrogen (secondary N) is 1. The van der Waals surface area contributed by atoms with Gasteiger partial charge in [0, 0.05) is 24.5 Å². The molecular formula is C20H25ClN2O2. The largest absolute Gasteiger partial charge is 0.348 e. The number of hydrogen-bond donors (Lipinski definition) is 1. The third-order valence-corrected chi connectivity index (χ3v) is 5.78. The predicted octanol–water partition coefficient (Wildman–Crippen LogP) is 3.53. The Morgan fingerprint density at radius 3 is 2.84 bits per heavy atom. The molecule has 2 aliphatic heterocycles. The summed E-state index contributed by atoms with van der Waals surface area (Å²) in [7, 11) is 0. The van der Waals surface area contributed by atoms with Gasteiger partial charge in [0.1, 0.15) is 5.41 Å². The maximum absolute atomic E-state index is 13.6. The number of nitrogens with zero attached hydrogens (tertiary/aromatic N) is 1. The van der Waals surface area contributed by atoms with E-state index in [1.165, 1.54) is 0 Å². The fraction of sp³-hybridized carbons (Fsp3) is 0.500. The van der Waals surface area contributed by atoms with Crippen LogP contribution in [-0.2, 0) is 15.0 Å². The first-order valence-electron chi connectivity index (χ1n) is 9.02. The molecule has 4 nitrogen and oxygen atoms in total. The Bertz CT molecular complexity index is 715. The Balaban J connectivity index is 2.14. The second-order valence-electron chi connectivity index (χ2n) is 6.71. The van der Waals surface area contributed by atoms with Crippen LogP contribution in [0.4, 0.5) is 5.69 Å². The van der Waals surface area contributed by atoms with Gasteiger partial charge in [-0.05, 0) is 37.8 Å². The first kappa shape index (κ1) is 18.0. The molecule has 134 valence electrons. The van der Waals surface area contributed by atoms with E-state index in [1.807, 2.05) is 42.2 Å². The zero-order chi connectivity index (χ0) is 18.0. The topological polar surface area (TPSA) is 49.4 Å². The second kappa shape index (κ2) is 7.20. The van der Waals surface area contributed by atoms with Crippen LogP contribution in [-0.4, -0.2) is 30.3 Å². The van der Waals surface area contributed by atoms with Crippen LogP contribution in [0.15, 0.2) is 35.9 Å². The van der Waals surface area contributed by atoms with E-state index in [-0.39, 0.29) is 17.9 Å². The molecule has 25 heavy (non-hydrogen) atoms. The molecule has 2 aliphatic rings. The van der Waals surface area contributed by atoms with Gasteiger partial charge < -0.3 is 10.2 Å². The Morgan fingerprint density at radius 1 is 1.40 bits per heavy atom. The highest BCUT2D eigenvalue weighted by atomic mass is 35.5. The van der Waals surface area contributed by atoms with Crippen molar-refractivity contribution in [1.29, 1.82) is 0 Å². The van der Waals surface area contributed by atoms with Gasteiger partial charge in [-0.15, -0.1) is 11.6 Å². The van der Waals surface area contributed by atoms with Crippen LogP contribution in [0, 0.1) is 0 Å². The molecule has 0 aromatic heterocycles. The van der Waals surface area contributed by atoms with Crippen molar-refractivity contribution in [2.24, 2.45) is 0 Å². The molecule has 2 atom stereocenters. The van der Waals surface area contributed by atoms with Crippen molar-refractivity contribution in [1.82, 2.24) is 5.32 Å². The average molecular weight is 361 g/mol. The maximum atomic E-state index is 13.6. The SMILES string of the molecule is CC=C(CC)C1NC(=O)CCC12C(=O)N(CCCCl)c1ccccc12. The number of amides is 2. The van der Waals surface area contributed by atoms with E-state index in [1.54, 1.807) is 0 Å². The third-order valence-electron chi connectivity index (χ3n) is 5.51. The number of alkyl halides is 1. The van der Waals surface area contributed by atoms with Crippen molar-refractivity contribution >= 4 is 29.1 Å². The van der Waals surface area contributed by atoms with Crippen molar-refractivity contribution in [2.75, 3.05) is 17.3 Å². The van der Waals surface area contributed by atoms with Crippen LogP contribution < -0.4 is 10.2 Å². The van der Waals surface area contributed by atoms with Gasteiger partial charge in [0.15, 0.2) is 0 Å². The number of rotatable bonds is 5. The highest BCUT2D eigenvalue weighted by Crippen LogP contribution is 2.50. The van der Waals surface area contributed by atoms with Gasteiger partial charge >= 0.3 is 0 Å². The first-order valence-corrected chi connectivity index (χ1v) is 9.55. The number of carbonyl (C=O) groups is 2. The summed E-state index contributed by atoms with van der Waals surface area (Å²) >= 11 is 5.87. The molecule has 2 amide bonds. The second-order valence-corrected chi connectivity index (χ2v) is 7.08. The summed E-state index contributed by atoms with van der Waals surface area (Å²) in [4.78, 5) is 27.6. The van der Waals surface area contributed by atoms with E-state index in [0.717, 1.165) is 29.7 Å². The lowest BCUT2D eigenvalue weighted by atomic mass is 9.67. The monoisotopic (exact) mass is 360 g/mol. The van der Waals surface area contributed by atoms with E-state index in [2.05, 4.69) is 12.2 Å². The summed E-state index contributed by atoms with van der Waals surface area (Å²) in [6.07, 6.45) is 4.52. The van der Waals surface area contributed by atoms with Crippen molar-refractivity contribution in [3.63, 3.8) is 0 Å². The van der Waals surface area contributed by atoms with Crippen LogP contribution in [0.2, 0.25) is 0 Å². The predicted molar refractivity (Wildman–Crippen MR) is 101 cm³/mol. The molecule has 0 saturated carbocycles. The number of halogens is 1. The normalized spacial score (nSPS) is 26.1. The minimum absolute atomic E-state index is 0.0212. The molecule has 1 spiro atoms. The van der Waals surface area contributed by atoms with Crippen molar-refractivity contribution < 1.29 is 9.59 Å². The number of allylic oxidation sites excluding steroid dienone is 1. The first-order chi connectivity index (χ1) is 12.1. The zero-order valence-corrected chi connectivity index (χ0v) is 15.6. The summed E-state index contributed by atoms with van der Waals surface area (Å²) in [5.74, 6) is 0.637. The van der Waals surface area contributed by atoms with Gasteiger partial charge in [0.05, 0.1) is 6.04 Å². The highest BCUT2D eigenvalue weighted by molar-refractivity contribution is 6.18. The Kier molecular flexibility index (Phi) is 5.19. The highest BCUT2D eigenvalue weighted by Gasteiger charge is 2.57. The molecule has 5 heteroatoms. The van der Waals surface area contributed by atoms with Crippen LogP contribution in [0.3, 0.4) is 0 Å². The van der Waals surface area contributed by atoms with Gasteiger partial charge in [-0.3, -0.25) is 9.59 Å². The Hall–Kier alpha value is -1.81. The summed E-state index contributed by atoms with van der Waals surface area (Å²) in [5, 5.41) is 3.12. The quantitative estimate of drug-likeness (QED) is 0.645. The number of fused-ring (bicyclic) bond motifs is 2. The van der Waals surface area contributed by atoms with Crippen molar-refractivity contribution in [3.05, 3.63) is 41.5 Å². The molecule has 1 aromatic rings. The standard InChI is InChI=1S/C20H25ClN2O2/c1-3-14(4-2)18-20(11-10-17(24)22-18)15-8-5-6-9-16(15)23(19(20)25)13-7-12-21/h3,5-6,8-9,18H,4,7,10-13H2,1-2H3,(H,22,24). The fourth-order valence-corrected chi connectivity index (χ4v) is 4.43. The van der Waals surface area contributed by atoms with Gasteiger partial charge in [-0.1, -0.05) is 36.8 Å². The van der Waals surface area contributed by atoms with Crippen molar-refractivity contribution in [3.8, 4) is 0 Å². The number of para-hydroxylation sites is 1. The van der Waals surface area contributed by atoms with Gasteiger partial charge in [-0.2, -0.15) is 0 Å². The number of hydrogen-bond acceptors (Lipinski definition) is 2. The van der Waals surface area contributed by atoms with Gasteiger partial charge in [0.2, 0.25) is 11.8 Å². The van der Waals surface area contributed by atoms with Gasteiger partial charge in [0.25, 0.3) is 0 Å². The summed E-state index contributed by atoms with van der Waals surface area (Å²) in [6.45, 7) is 4.66. The van der Waals surface area contributed by atoms with Crippen LogP contribution in [0.25, 0.3) is 0 Å². The lowest BCUT2D eigenvalue weighted by Gasteiger charge is -2.42. The van der Waals surface area contributed by atoms with Crippen LogP contribution in [0.1, 0.15) is 45.1 Å². The number of anilines is 1. The van der Waals surface area contributed by atoms with E-state index < -0.39 is 5.41 Å². The smallest absolute Gasteiger partial charge is 0.240 e. The molecule has 0 radical (unpaired) electrons. The van der Waals surface area contributed by atoms with Crippen LogP contribution >= 0.6 is 11.6 Å². The number of benzene rings is 1. The van der Waals surface area contributed by atoms with Crippen LogP contribution in [0.5, 0.6) is 0 Å². The van der Waals surface area contributed by atoms with E-state index in [9.17, 15) is 9.59 Å². The molecule has 1 fully saturated rings. The fourth-order valence-electron chi connectivity index (χ4n) is 4.31. The lowest BCUT2D eigenvalue weighted by molar-refractivity contribution is -0.130. The molecule has 3 rings (SSSR count).